The molecular formula is C16H22N6O2. The molecule has 0 spiro atoms. The molecule has 1 saturated heterocycles. The molecular weight excluding hydrogens is 308 g/mol. The molecule has 3 N–H and O–H groups in total. The second-order valence-corrected chi connectivity index (χ2v) is 6.83. The molecule has 1 aromatic rings. The summed E-state index contributed by atoms with van der Waals surface area (Å²) in [5.74, 6) is -0.546. The van der Waals surface area contributed by atoms with Crippen LogP contribution in [0.4, 0.5) is 5.82 Å². The molecule has 0 aromatic carbocycles. The molecule has 0 unspecified atom stereocenters. The van der Waals surface area contributed by atoms with Crippen LogP contribution in [0.1, 0.15) is 42.5 Å². The number of likely N-dealkylation sites (tertiary alicyclic amines) is 1. The second kappa shape index (κ2) is 6.24. The van der Waals surface area contributed by atoms with Gasteiger partial charge in [-0.1, -0.05) is 0 Å². The van der Waals surface area contributed by atoms with Gasteiger partial charge in [0.25, 0.3) is 5.91 Å². The summed E-state index contributed by atoms with van der Waals surface area (Å²) in [6, 6.07) is 2.24. The number of nitrogens with one attached hydrogen (secondary N) is 1. The topological polar surface area (TPSA) is 117 Å². The van der Waals surface area contributed by atoms with Crippen molar-refractivity contribution in [2.45, 2.75) is 37.6 Å². The number of aromatic nitrogens is 2. The number of primary amides is 1. The molecule has 0 atom stereocenters. The molecule has 1 saturated carbocycles. The summed E-state index contributed by atoms with van der Waals surface area (Å²) in [6.07, 6.45) is 5.12. The predicted molar refractivity (Wildman–Crippen MR) is 87.0 cm³/mol. The van der Waals surface area contributed by atoms with Crippen LogP contribution in [-0.2, 0) is 10.3 Å². The minimum atomic E-state index is -0.632. The Labute approximate surface area is 140 Å². The standard InChI is InChI=1S/C16H22N6O2/c1-21-8-5-16(4-7-17,6-9-21)22-10-12(13(18)23)14(20-22)19-15(24)11-2-3-11/h10-11H,2-6,8-9H2,1H3,(H2,18,23)(H,19,20,24). The van der Waals surface area contributed by atoms with Gasteiger partial charge in [0.2, 0.25) is 5.91 Å². The van der Waals surface area contributed by atoms with E-state index < -0.39 is 11.4 Å². The number of hydrogen-bond acceptors (Lipinski definition) is 5. The van der Waals surface area contributed by atoms with E-state index in [2.05, 4.69) is 21.4 Å². The van der Waals surface area contributed by atoms with E-state index in [9.17, 15) is 14.9 Å². The highest BCUT2D eigenvalue weighted by molar-refractivity contribution is 6.02. The van der Waals surface area contributed by atoms with Gasteiger partial charge in [-0.05, 0) is 32.7 Å². The predicted octanol–water partition coefficient (Wildman–Crippen LogP) is 0.665. The van der Waals surface area contributed by atoms with Gasteiger partial charge in [0.1, 0.15) is 5.56 Å². The van der Waals surface area contributed by atoms with Gasteiger partial charge >= 0.3 is 0 Å². The van der Waals surface area contributed by atoms with Gasteiger partial charge in [-0.2, -0.15) is 10.4 Å². The maximum Gasteiger partial charge on any atom is 0.254 e. The molecule has 128 valence electrons. The number of hydrogen-bond donors (Lipinski definition) is 2. The van der Waals surface area contributed by atoms with Crippen molar-refractivity contribution >= 4 is 17.6 Å². The molecule has 2 aliphatic rings. The number of carbonyl (C=O) groups is 2. The Kier molecular flexibility index (Phi) is 4.28. The molecule has 2 fully saturated rings. The number of amides is 2. The third kappa shape index (κ3) is 3.12. The van der Waals surface area contributed by atoms with E-state index in [4.69, 9.17) is 5.73 Å². The molecule has 1 aromatic heterocycles. The zero-order valence-electron chi connectivity index (χ0n) is 13.8. The van der Waals surface area contributed by atoms with Crippen molar-refractivity contribution in [1.82, 2.24) is 14.7 Å². The molecule has 2 heterocycles. The lowest BCUT2D eigenvalue weighted by atomic mass is 9.85. The number of rotatable bonds is 5. The monoisotopic (exact) mass is 330 g/mol. The van der Waals surface area contributed by atoms with E-state index in [0.29, 0.717) is 6.42 Å². The van der Waals surface area contributed by atoms with Gasteiger partial charge in [-0.3, -0.25) is 14.3 Å². The van der Waals surface area contributed by atoms with Gasteiger partial charge in [0, 0.05) is 25.2 Å². The maximum atomic E-state index is 12.0. The van der Waals surface area contributed by atoms with Crippen LogP contribution in [-0.4, -0.2) is 46.6 Å². The van der Waals surface area contributed by atoms with E-state index in [1.165, 1.54) is 0 Å². The Morgan fingerprint density at radius 1 is 1.46 bits per heavy atom. The Morgan fingerprint density at radius 3 is 2.67 bits per heavy atom. The van der Waals surface area contributed by atoms with Crippen LogP contribution < -0.4 is 11.1 Å². The smallest absolute Gasteiger partial charge is 0.254 e. The van der Waals surface area contributed by atoms with Gasteiger partial charge in [-0.25, -0.2) is 0 Å². The van der Waals surface area contributed by atoms with Crippen LogP contribution in [0.2, 0.25) is 0 Å². The van der Waals surface area contributed by atoms with E-state index in [1.807, 2.05) is 7.05 Å². The summed E-state index contributed by atoms with van der Waals surface area (Å²) in [7, 11) is 2.04. The Balaban J connectivity index is 1.92. The van der Waals surface area contributed by atoms with Crippen molar-refractivity contribution in [3.05, 3.63) is 11.8 Å². The molecule has 0 radical (unpaired) electrons. The fourth-order valence-corrected chi connectivity index (χ4v) is 3.12. The summed E-state index contributed by atoms with van der Waals surface area (Å²) in [4.78, 5) is 26.0. The first-order valence-electron chi connectivity index (χ1n) is 8.21. The van der Waals surface area contributed by atoms with Crippen molar-refractivity contribution in [3.8, 4) is 6.07 Å². The minimum absolute atomic E-state index is 0.00674. The molecule has 24 heavy (non-hydrogen) atoms. The second-order valence-electron chi connectivity index (χ2n) is 6.83. The summed E-state index contributed by atoms with van der Waals surface area (Å²) in [6.45, 7) is 1.69. The third-order valence-electron chi connectivity index (χ3n) is 4.98. The highest BCUT2D eigenvalue weighted by Gasteiger charge is 2.38. The highest BCUT2D eigenvalue weighted by Crippen LogP contribution is 2.35. The quantitative estimate of drug-likeness (QED) is 0.822. The van der Waals surface area contributed by atoms with E-state index in [0.717, 1.165) is 38.8 Å². The number of carbonyl (C=O) groups excluding carboxylic acids is 2. The summed E-state index contributed by atoms with van der Waals surface area (Å²) >= 11 is 0. The van der Waals surface area contributed by atoms with Crippen molar-refractivity contribution in [3.63, 3.8) is 0 Å². The third-order valence-corrected chi connectivity index (χ3v) is 4.98. The van der Waals surface area contributed by atoms with Gasteiger partial charge in [0.05, 0.1) is 18.0 Å². The number of nitrogens with two attached hydrogens (primary N) is 1. The molecule has 1 aliphatic carbocycles. The first-order valence-corrected chi connectivity index (χ1v) is 8.21. The average molecular weight is 330 g/mol. The van der Waals surface area contributed by atoms with Crippen LogP contribution in [0.25, 0.3) is 0 Å². The van der Waals surface area contributed by atoms with Gasteiger partial charge in [-0.15, -0.1) is 0 Å². The lowest BCUT2D eigenvalue weighted by Crippen LogP contribution is -2.45. The fraction of sp³-hybridized carbons (Fsp3) is 0.625. The first-order chi connectivity index (χ1) is 11.4. The maximum absolute atomic E-state index is 12.0. The number of anilines is 1. The zero-order chi connectivity index (χ0) is 17.3. The average Bonchev–Trinajstić information content (AvgIpc) is 3.31. The minimum Gasteiger partial charge on any atom is -0.365 e. The Morgan fingerprint density at radius 2 is 2.12 bits per heavy atom. The largest absolute Gasteiger partial charge is 0.365 e. The Bertz CT molecular complexity index is 692. The summed E-state index contributed by atoms with van der Waals surface area (Å²) in [5, 5.41) is 16.4. The van der Waals surface area contributed by atoms with Crippen molar-refractivity contribution in [1.29, 1.82) is 5.26 Å². The van der Waals surface area contributed by atoms with Crippen molar-refractivity contribution in [2.75, 3.05) is 25.5 Å². The van der Waals surface area contributed by atoms with E-state index in [-0.39, 0.29) is 23.2 Å². The van der Waals surface area contributed by atoms with E-state index >= 15 is 0 Å². The first kappa shape index (κ1) is 16.5. The van der Waals surface area contributed by atoms with Crippen LogP contribution in [0.5, 0.6) is 0 Å². The molecule has 0 bridgehead atoms. The normalized spacial score (nSPS) is 20.3. The van der Waals surface area contributed by atoms with Crippen molar-refractivity contribution < 1.29 is 9.59 Å². The van der Waals surface area contributed by atoms with Crippen LogP contribution >= 0.6 is 0 Å². The molecule has 2 amide bonds. The fourth-order valence-electron chi connectivity index (χ4n) is 3.12. The molecule has 3 rings (SSSR count). The number of nitriles is 1. The van der Waals surface area contributed by atoms with E-state index in [1.54, 1.807) is 10.9 Å². The molecule has 1 aliphatic heterocycles. The number of nitrogens with zero attached hydrogens (tertiary/aromatic N) is 4. The van der Waals surface area contributed by atoms with Crippen LogP contribution in [0.15, 0.2) is 6.20 Å². The summed E-state index contributed by atoms with van der Waals surface area (Å²) in [5.41, 5.74) is 5.18. The number of piperidine rings is 1. The lowest BCUT2D eigenvalue weighted by Gasteiger charge is -2.39. The Hall–Kier alpha value is -2.40. The van der Waals surface area contributed by atoms with Crippen LogP contribution in [0, 0.1) is 17.2 Å². The molecule has 8 nitrogen and oxygen atoms in total. The van der Waals surface area contributed by atoms with Gasteiger partial charge < -0.3 is 16.0 Å². The lowest BCUT2D eigenvalue weighted by molar-refractivity contribution is -0.117. The zero-order valence-corrected chi connectivity index (χ0v) is 13.8. The van der Waals surface area contributed by atoms with Crippen molar-refractivity contribution in [2.24, 2.45) is 11.7 Å². The SMILES string of the molecule is CN1CCC(CC#N)(n2cc(C(N)=O)c(NC(=O)C3CC3)n2)CC1. The van der Waals surface area contributed by atoms with Gasteiger partial charge in [0.15, 0.2) is 5.82 Å². The summed E-state index contributed by atoms with van der Waals surface area (Å²) < 4.78 is 1.67. The highest BCUT2D eigenvalue weighted by atomic mass is 16.2. The molecule has 8 heteroatoms. The van der Waals surface area contributed by atoms with Crippen LogP contribution in [0.3, 0.4) is 0 Å².